The molecule has 5 aromatic rings. The van der Waals surface area contributed by atoms with Crippen LogP contribution < -0.4 is 4.74 Å². The van der Waals surface area contributed by atoms with Crippen molar-refractivity contribution in [2.75, 3.05) is 14.1 Å². The van der Waals surface area contributed by atoms with E-state index >= 15 is 9.59 Å². The van der Waals surface area contributed by atoms with E-state index in [1.807, 2.05) is 80.5 Å². The first kappa shape index (κ1) is 37.4. The third-order valence-electron chi connectivity index (χ3n) is 12.6. The molecule has 10 heteroatoms. The van der Waals surface area contributed by atoms with Crippen LogP contribution in [0.4, 0.5) is 0 Å². The molecule has 4 aromatic carbocycles. The molecule has 0 amide bonds. The topological polar surface area (TPSA) is 102 Å². The first-order chi connectivity index (χ1) is 26.0. The summed E-state index contributed by atoms with van der Waals surface area (Å²) in [5.41, 5.74) is 3.74. The van der Waals surface area contributed by atoms with Gasteiger partial charge in [0.1, 0.15) is 17.9 Å². The first-order valence-electron chi connectivity index (χ1n) is 18.9. The van der Waals surface area contributed by atoms with E-state index in [0.717, 1.165) is 38.6 Å². The van der Waals surface area contributed by atoms with Gasteiger partial charge in [0.05, 0.1) is 6.04 Å². The Morgan fingerprint density at radius 1 is 0.982 bits per heavy atom. The molecular formula is C45H47ClN2O6Si. The number of benzene rings is 4. The molecule has 0 unspecified atom stereocenters. The van der Waals surface area contributed by atoms with E-state index in [-0.39, 0.29) is 46.1 Å². The van der Waals surface area contributed by atoms with Crippen LogP contribution in [0.15, 0.2) is 94.7 Å². The number of fused-ring (bicyclic) bond motifs is 5. The highest BCUT2D eigenvalue weighted by Crippen LogP contribution is 2.59. The number of hydrogen-bond donors (Lipinski definition) is 1. The second kappa shape index (κ2) is 13.3. The summed E-state index contributed by atoms with van der Waals surface area (Å²) < 4.78 is 19.5. The summed E-state index contributed by atoms with van der Waals surface area (Å²) in [5, 5.41) is 19.5. The molecule has 0 fully saturated rings. The Morgan fingerprint density at radius 2 is 1.71 bits per heavy atom. The summed E-state index contributed by atoms with van der Waals surface area (Å²) in [6.07, 6.45) is 0.946. The molecule has 1 N–H and O–H groups in total. The molecular weight excluding hydrogens is 728 g/mol. The highest BCUT2D eigenvalue weighted by Gasteiger charge is 2.67. The van der Waals surface area contributed by atoms with Gasteiger partial charge < -0.3 is 18.8 Å². The maximum absolute atomic E-state index is 15.5. The van der Waals surface area contributed by atoms with Crippen molar-refractivity contribution in [3.63, 3.8) is 0 Å². The summed E-state index contributed by atoms with van der Waals surface area (Å²) in [6, 6.07) is 25.2. The number of carbonyl (C=O) groups is 2. The normalized spacial score (nSPS) is 22.4. The van der Waals surface area contributed by atoms with Gasteiger partial charge in [0.15, 0.2) is 25.5 Å². The van der Waals surface area contributed by atoms with Crippen molar-refractivity contribution in [3.8, 4) is 17.0 Å². The van der Waals surface area contributed by atoms with Crippen molar-refractivity contribution < 1.29 is 28.4 Å². The molecule has 0 radical (unpaired) electrons. The van der Waals surface area contributed by atoms with Gasteiger partial charge in [-0.3, -0.25) is 14.5 Å². The molecule has 1 aromatic heterocycles. The Labute approximate surface area is 328 Å². The zero-order chi connectivity index (χ0) is 39.2. The van der Waals surface area contributed by atoms with Gasteiger partial charge in [0.2, 0.25) is 5.78 Å². The highest BCUT2D eigenvalue weighted by atomic mass is 35.5. The Hall–Kier alpha value is -4.54. The fraction of sp³-hybridized carbons (Fsp3) is 0.356. The van der Waals surface area contributed by atoms with Crippen LogP contribution in [0.2, 0.25) is 23.2 Å². The largest absolute Gasteiger partial charge is 0.508 e. The van der Waals surface area contributed by atoms with Crippen LogP contribution >= 0.6 is 11.6 Å². The van der Waals surface area contributed by atoms with Crippen LogP contribution in [0.3, 0.4) is 0 Å². The third kappa shape index (κ3) is 5.90. The molecule has 8 rings (SSSR count). The number of aliphatic hydroxyl groups excluding tert-OH is 1. The van der Waals surface area contributed by atoms with Crippen molar-refractivity contribution >= 4 is 42.3 Å². The van der Waals surface area contributed by atoms with Gasteiger partial charge in [-0.2, -0.15) is 0 Å². The molecule has 0 spiro atoms. The number of nitrogens with zero attached hydrogens (tertiary/aromatic N) is 2. The lowest BCUT2D eigenvalue weighted by atomic mass is 9.58. The first-order valence-corrected chi connectivity index (χ1v) is 22.2. The van der Waals surface area contributed by atoms with Gasteiger partial charge in [-0.1, -0.05) is 93.0 Å². The molecule has 3 aliphatic carbocycles. The number of aryl methyl sites for hydroxylation is 1. The number of aliphatic hydroxyl groups is 1. The molecule has 0 bridgehead atoms. The average molecular weight is 775 g/mol. The van der Waals surface area contributed by atoms with E-state index in [9.17, 15) is 5.11 Å². The van der Waals surface area contributed by atoms with Gasteiger partial charge in [0, 0.05) is 22.1 Å². The van der Waals surface area contributed by atoms with Crippen molar-refractivity contribution in [2.24, 2.45) is 11.8 Å². The van der Waals surface area contributed by atoms with Gasteiger partial charge in [0.25, 0.3) is 5.88 Å². The molecule has 1 heterocycles. The highest BCUT2D eigenvalue weighted by molar-refractivity contribution is 6.74. The molecule has 8 nitrogen and oxygen atoms in total. The van der Waals surface area contributed by atoms with Crippen LogP contribution in [0.1, 0.15) is 76.4 Å². The zero-order valence-electron chi connectivity index (χ0n) is 32.6. The van der Waals surface area contributed by atoms with E-state index in [1.54, 1.807) is 0 Å². The van der Waals surface area contributed by atoms with Gasteiger partial charge in [-0.25, -0.2) is 0 Å². The number of aromatic nitrogens is 1. The summed E-state index contributed by atoms with van der Waals surface area (Å²) >= 11 is 6.35. The minimum Gasteiger partial charge on any atom is -0.508 e. The quantitative estimate of drug-likeness (QED) is 0.163. The SMILES string of the molecule is Cc1c2c(cc3ccc(-c4cccc(Cl)c4)cc13)C[C@H]1C[C@H]3[C@H](N(C)C)c4onc(OCc5ccccc5)c4C(=O)[C@@]3(O[Si](C)(C)C(C)(C)C)C(O)=C1C2=O. The number of Topliss-reactive ketones (excluding diaryl/α,β-unsaturated/α-hetero) is 2. The Balaban J connectivity index is 1.31. The second-order valence-corrected chi connectivity index (χ2v) is 22.3. The number of halogens is 1. The van der Waals surface area contributed by atoms with Gasteiger partial charge in [-0.15, -0.1) is 0 Å². The Bertz CT molecular complexity index is 2410. The maximum atomic E-state index is 15.5. The van der Waals surface area contributed by atoms with E-state index < -0.39 is 31.7 Å². The molecule has 284 valence electrons. The fourth-order valence-corrected chi connectivity index (χ4v) is 10.5. The predicted molar refractivity (Wildman–Crippen MR) is 217 cm³/mol. The van der Waals surface area contributed by atoms with Crippen LogP contribution in [-0.2, 0) is 17.5 Å². The zero-order valence-corrected chi connectivity index (χ0v) is 34.4. The van der Waals surface area contributed by atoms with Crippen LogP contribution in [0.25, 0.3) is 21.9 Å². The molecule has 4 atom stereocenters. The van der Waals surface area contributed by atoms with Crippen LogP contribution in [0, 0.1) is 18.8 Å². The lowest BCUT2D eigenvalue weighted by Crippen LogP contribution is -2.65. The number of ketones is 2. The Morgan fingerprint density at radius 3 is 2.40 bits per heavy atom. The Kier molecular flexibility index (Phi) is 9.04. The molecule has 55 heavy (non-hydrogen) atoms. The van der Waals surface area contributed by atoms with Crippen LogP contribution in [-0.4, -0.2) is 54.7 Å². The van der Waals surface area contributed by atoms with E-state index in [0.29, 0.717) is 29.2 Å². The molecule has 0 saturated carbocycles. The van der Waals surface area contributed by atoms with Gasteiger partial charge >= 0.3 is 0 Å². The average Bonchev–Trinajstić information content (AvgIpc) is 3.55. The van der Waals surface area contributed by atoms with E-state index in [2.05, 4.69) is 63.3 Å². The minimum absolute atomic E-state index is 0.0467. The van der Waals surface area contributed by atoms with Crippen LogP contribution in [0.5, 0.6) is 5.88 Å². The number of ether oxygens (including phenoxy) is 1. The fourth-order valence-electron chi connectivity index (χ4n) is 8.84. The third-order valence-corrected chi connectivity index (χ3v) is 17.2. The van der Waals surface area contributed by atoms with Crippen molar-refractivity contribution in [1.29, 1.82) is 0 Å². The number of rotatable bonds is 7. The lowest BCUT2D eigenvalue weighted by molar-refractivity contribution is -0.0480. The molecule has 3 aliphatic rings. The summed E-state index contributed by atoms with van der Waals surface area (Å²) in [5.74, 6) is -1.55. The van der Waals surface area contributed by atoms with E-state index in [4.69, 9.17) is 25.3 Å². The predicted octanol–water partition coefficient (Wildman–Crippen LogP) is 10.5. The van der Waals surface area contributed by atoms with Crippen molar-refractivity contribution in [3.05, 3.63) is 129 Å². The second-order valence-electron chi connectivity index (χ2n) is 17.2. The summed E-state index contributed by atoms with van der Waals surface area (Å²) in [4.78, 5) is 32.6. The summed E-state index contributed by atoms with van der Waals surface area (Å²) in [7, 11) is 1.03. The molecule has 0 saturated heterocycles. The van der Waals surface area contributed by atoms with Crippen molar-refractivity contribution in [2.45, 2.75) is 76.9 Å². The standard InChI is InChI=1S/C45H47ClN2O6Si/c1-25-33-22-28(27-15-12-16-32(46)21-27)17-18-29(33)19-30-20-31-23-34-38(48(5)6)40-37(43(47-53-40)52-24-26-13-10-9-11-14-26)42(51)45(34,54-55(7,8)44(2,3)4)41(50)36(31)39(49)35(25)30/h9-19,21-22,31,34,38,50H,20,23-24H2,1-8H3/t31-,34-,38-,45-/m0/s1. The monoisotopic (exact) mass is 774 g/mol. The lowest BCUT2D eigenvalue weighted by Gasteiger charge is -2.55. The van der Waals surface area contributed by atoms with E-state index in [1.165, 1.54) is 0 Å². The smallest absolute Gasteiger partial charge is 0.265 e. The molecule has 0 aliphatic heterocycles. The van der Waals surface area contributed by atoms with Crippen molar-refractivity contribution in [1.82, 2.24) is 10.1 Å². The minimum atomic E-state index is -2.83. The number of hydrogen-bond acceptors (Lipinski definition) is 8. The van der Waals surface area contributed by atoms with Gasteiger partial charge in [-0.05, 0) is 120 Å². The summed E-state index contributed by atoms with van der Waals surface area (Å²) in [6.45, 7) is 12.6. The number of allylic oxidation sites excluding steroid dienone is 1. The number of carbonyl (C=O) groups excluding carboxylic acids is 2. The maximum Gasteiger partial charge on any atom is 0.265 e.